The van der Waals surface area contributed by atoms with E-state index < -0.39 is 11.7 Å². The Labute approximate surface area is 193 Å². The lowest BCUT2D eigenvalue weighted by atomic mass is 10.0. The first-order valence-electron chi connectivity index (χ1n) is 11.9. The lowest BCUT2D eigenvalue weighted by molar-refractivity contribution is 0.584. The summed E-state index contributed by atoms with van der Waals surface area (Å²) in [6.07, 6.45) is 11.8. The minimum Gasteiger partial charge on any atom is -0.193 e. The van der Waals surface area contributed by atoms with Crippen molar-refractivity contribution >= 4 is 0 Å². The summed E-state index contributed by atoms with van der Waals surface area (Å²) in [5.74, 6) is 7.57. The maximum absolute atomic E-state index is 14.0. The molecule has 0 radical (unpaired) electrons. The van der Waals surface area contributed by atoms with Crippen LogP contribution >= 0.6 is 0 Å². The third kappa shape index (κ3) is 9.98. The molecule has 2 rings (SSSR count). The van der Waals surface area contributed by atoms with Crippen LogP contribution in [0.4, 0.5) is 8.78 Å². The first-order chi connectivity index (χ1) is 15.6. The van der Waals surface area contributed by atoms with Gasteiger partial charge in [-0.2, -0.15) is 8.78 Å². The molecule has 0 nitrogen and oxygen atoms in total. The van der Waals surface area contributed by atoms with Crippen molar-refractivity contribution in [2.75, 3.05) is 0 Å². The molecule has 0 N–H and O–H groups in total. The lowest BCUT2D eigenvalue weighted by Gasteiger charge is -2.01. The average molecular weight is 433 g/mol. The molecule has 2 heteroatoms. The van der Waals surface area contributed by atoms with Crippen molar-refractivity contribution in [1.82, 2.24) is 0 Å². The smallest absolute Gasteiger partial charge is 0.193 e. The van der Waals surface area contributed by atoms with Gasteiger partial charge in [0.25, 0.3) is 0 Å². The molecule has 0 amide bonds. The third-order valence-electron chi connectivity index (χ3n) is 5.37. The maximum Gasteiger partial charge on any atom is 0.217 e. The molecule has 32 heavy (non-hydrogen) atoms. The third-order valence-corrected chi connectivity index (χ3v) is 5.37. The van der Waals surface area contributed by atoms with Gasteiger partial charge in [0.15, 0.2) is 0 Å². The van der Waals surface area contributed by atoms with E-state index in [1.54, 1.807) is 0 Å². The van der Waals surface area contributed by atoms with E-state index in [2.05, 4.69) is 37.5 Å². The van der Waals surface area contributed by atoms with Crippen molar-refractivity contribution in [3.8, 4) is 23.7 Å². The monoisotopic (exact) mass is 432 g/mol. The topological polar surface area (TPSA) is 0 Å². The van der Waals surface area contributed by atoms with Gasteiger partial charge in [-0.05, 0) is 72.9 Å². The molecule has 0 aliphatic heterocycles. The van der Waals surface area contributed by atoms with E-state index in [-0.39, 0.29) is 0 Å². The summed E-state index contributed by atoms with van der Waals surface area (Å²) in [7, 11) is 0. The van der Waals surface area contributed by atoms with Crippen LogP contribution in [-0.4, -0.2) is 0 Å². The number of unbranched alkanes of at least 4 members (excludes halogenated alkanes) is 6. The SMILES string of the molecule is CCCCCCc1ccc(C#C/C(F)=C(\F)C#Cc2ccc(CCCCCC)cc2)cc1. The molecule has 0 fully saturated rings. The lowest BCUT2D eigenvalue weighted by Crippen LogP contribution is -1.86. The minimum absolute atomic E-state index is 0.660. The van der Waals surface area contributed by atoms with Crippen molar-refractivity contribution in [2.24, 2.45) is 0 Å². The van der Waals surface area contributed by atoms with Gasteiger partial charge in [0, 0.05) is 11.1 Å². The Morgan fingerprint density at radius 3 is 1.28 bits per heavy atom. The van der Waals surface area contributed by atoms with E-state index in [4.69, 9.17) is 0 Å². The second kappa shape index (κ2) is 15.0. The summed E-state index contributed by atoms with van der Waals surface area (Å²) in [5.41, 5.74) is 3.80. The Balaban J connectivity index is 1.91. The number of rotatable bonds is 10. The van der Waals surface area contributed by atoms with E-state index in [1.807, 2.05) is 48.5 Å². The highest BCUT2D eigenvalue weighted by Gasteiger charge is 2.00. The highest BCUT2D eigenvalue weighted by Crippen LogP contribution is 2.12. The Kier molecular flexibility index (Phi) is 12.0. The molecule has 0 aromatic heterocycles. The van der Waals surface area contributed by atoms with Crippen molar-refractivity contribution in [3.05, 3.63) is 82.4 Å². The van der Waals surface area contributed by atoms with Gasteiger partial charge in [-0.15, -0.1) is 0 Å². The second-order valence-corrected chi connectivity index (χ2v) is 8.14. The summed E-state index contributed by atoms with van der Waals surface area (Å²) in [6, 6.07) is 15.4. The van der Waals surface area contributed by atoms with E-state index in [1.165, 1.54) is 62.5 Å². The van der Waals surface area contributed by atoms with Crippen LogP contribution in [0.25, 0.3) is 0 Å². The number of allylic oxidation sites excluding steroid dienone is 2. The standard InChI is InChI=1S/C30H34F2/c1-3-5-7-9-11-25-13-17-27(18-14-25)21-23-29(31)30(32)24-22-28-19-15-26(16-20-28)12-10-8-6-4-2/h13-20H,3-12H2,1-2H3/b30-29+. The minimum atomic E-state index is -1.13. The summed E-state index contributed by atoms with van der Waals surface area (Å²) >= 11 is 0. The van der Waals surface area contributed by atoms with Crippen LogP contribution < -0.4 is 0 Å². The first kappa shape index (κ1) is 25.4. The summed E-state index contributed by atoms with van der Waals surface area (Å²) in [5, 5.41) is 0. The largest absolute Gasteiger partial charge is 0.217 e. The Bertz CT molecular complexity index is 876. The molecule has 0 aliphatic rings. The molecular formula is C30H34F2. The number of benzene rings is 2. The van der Waals surface area contributed by atoms with Gasteiger partial charge >= 0.3 is 0 Å². The zero-order valence-electron chi connectivity index (χ0n) is 19.4. The van der Waals surface area contributed by atoms with Crippen LogP contribution in [-0.2, 0) is 12.8 Å². The van der Waals surface area contributed by atoms with E-state index in [9.17, 15) is 8.78 Å². The van der Waals surface area contributed by atoms with Crippen LogP contribution in [0.5, 0.6) is 0 Å². The first-order valence-corrected chi connectivity index (χ1v) is 11.9. The van der Waals surface area contributed by atoms with Crippen LogP contribution in [0.2, 0.25) is 0 Å². The fourth-order valence-electron chi connectivity index (χ4n) is 3.39. The fraction of sp³-hybridized carbons (Fsp3) is 0.400. The molecule has 0 atom stereocenters. The number of hydrogen-bond acceptors (Lipinski definition) is 0. The Hall–Kier alpha value is -2.84. The van der Waals surface area contributed by atoms with Crippen molar-refractivity contribution < 1.29 is 8.78 Å². The quantitative estimate of drug-likeness (QED) is 0.261. The molecule has 0 unspecified atom stereocenters. The molecule has 0 spiro atoms. The van der Waals surface area contributed by atoms with Gasteiger partial charge in [0.1, 0.15) is 0 Å². The second-order valence-electron chi connectivity index (χ2n) is 8.14. The van der Waals surface area contributed by atoms with Crippen LogP contribution in [0.1, 0.15) is 87.5 Å². The van der Waals surface area contributed by atoms with Crippen molar-refractivity contribution in [3.63, 3.8) is 0 Å². The van der Waals surface area contributed by atoms with Crippen molar-refractivity contribution in [1.29, 1.82) is 0 Å². The van der Waals surface area contributed by atoms with E-state index in [0.717, 1.165) is 12.8 Å². The molecule has 168 valence electrons. The highest BCUT2D eigenvalue weighted by molar-refractivity contribution is 5.45. The molecule has 0 saturated heterocycles. The molecule has 0 saturated carbocycles. The molecule has 2 aromatic carbocycles. The van der Waals surface area contributed by atoms with E-state index >= 15 is 0 Å². The van der Waals surface area contributed by atoms with Gasteiger partial charge in [-0.25, -0.2) is 0 Å². The normalized spacial score (nSPS) is 11.1. The molecule has 0 heterocycles. The zero-order valence-corrected chi connectivity index (χ0v) is 19.4. The van der Waals surface area contributed by atoms with Gasteiger partial charge in [0.2, 0.25) is 11.7 Å². The van der Waals surface area contributed by atoms with Gasteiger partial charge in [-0.3, -0.25) is 0 Å². The van der Waals surface area contributed by atoms with Crippen LogP contribution in [0.15, 0.2) is 60.2 Å². The predicted octanol–water partition coefficient (Wildman–Crippen LogP) is 8.49. The van der Waals surface area contributed by atoms with Crippen LogP contribution in [0.3, 0.4) is 0 Å². The molecule has 0 bridgehead atoms. The van der Waals surface area contributed by atoms with Gasteiger partial charge < -0.3 is 0 Å². The molecule has 0 aliphatic carbocycles. The molecular weight excluding hydrogens is 398 g/mol. The number of halogens is 2. The molecule has 2 aromatic rings. The summed E-state index contributed by atoms with van der Waals surface area (Å²) in [6.45, 7) is 4.39. The fourth-order valence-corrected chi connectivity index (χ4v) is 3.39. The Morgan fingerprint density at radius 2 is 0.938 bits per heavy atom. The van der Waals surface area contributed by atoms with Crippen LogP contribution in [0, 0.1) is 23.7 Å². The highest BCUT2D eigenvalue weighted by atomic mass is 19.2. The van der Waals surface area contributed by atoms with E-state index in [0.29, 0.717) is 11.1 Å². The number of hydrogen-bond donors (Lipinski definition) is 0. The maximum atomic E-state index is 14.0. The average Bonchev–Trinajstić information content (AvgIpc) is 2.83. The Morgan fingerprint density at radius 1 is 0.562 bits per heavy atom. The summed E-state index contributed by atoms with van der Waals surface area (Å²) in [4.78, 5) is 0. The van der Waals surface area contributed by atoms with Gasteiger partial charge in [-0.1, -0.05) is 88.5 Å². The van der Waals surface area contributed by atoms with Gasteiger partial charge in [0.05, 0.1) is 0 Å². The van der Waals surface area contributed by atoms with Crippen molar-refractivity contribution in [2.45, 2.75) is 78.1 Å². The summed E-state index contributed by atoms with van der Waals surface area (Å²) < 4.78 is 28.0. The zero-order chi connectivity index (χ0) is 23.0. The number of aryl methyl sites for hydroxylation is 2. The predicted molar refractivity (Wildman–Crippen MR) is 132 cm³/mol.